The van der Waals surface area contributed by atoms with Crippen molar-refractivity contribution in [1.29, 1.82) is 0 Å². The average molecular weight is 243 g/mol. The second kappa shape index (κ2) is 4.86. The van der Waals surface area contributed by atoms with Gasteiger partial charge in [-0.3, -0.25) is 4.57 Å². The minimum absolute atomic E-state index is 0.628. The first kappa shape index (κ1) is 11.3. The van der Waals surface area contributed by atoms with Crippen LogP contribution >= 0.6 is 0 Å². The van der Waals surface area contributed by atoms with E-state index in [9.17, 15) is 0 Å². The summed E-state index contributed by atoms with van der Waals surface area (Å²) in [7, 11) is 0. The molecule has 0 aliphatic heterocycles. The Morgan fingerprint density at radius 3 is 2.67 bits per heavy atom. The maximum Gasteiger partial charge on any atom is 0.235 e. The van der Waals surface area contributed by atoms with E-state index in [2.05, 4.69) is 15.0 Å². The standard InChI is InChI=1S/C13H17N5/c14-6-5-10-7-15-13(16-8-10)18-9-17-11-3-1-2-4-12(11)18/h7-9H,1-6,14H2. The number of aromatic nitrogens is 4. The van der Waals surface area contributed by atoms with Crippen LogP contribution in [0, 0.1) is 0 Å². The number of rotatable bonds is 3. The summed E-state index contributed by atoms with van der Waals surface area (Å²) in [4.78, 5) is 13.3. The van der Waals surface area contributed by atoms with E-state index in [1.807, 2.05) is 23.3 Å². The molecule has 0 bridgehead atoms. The van der Waals surface area contributed by atoms with E-state index in [1.54, 1.807) is 0 Å². The number of fused-ring (bicyclic) bond motifs is 1. The van der Waals surface area contributed by atoms with Crippen LogP contribution in [-0.4, -0.2) is 26.1 Å². The molecule has 94 valence electrons. The number of hydrogen-bond acceptors (Lipinski definition) is 4. The maximum atomic E-state index is 5.51. The highest BCUT2D eigenvalue weighted by atomic mass is 15.2. The highest BCUT2D eigenvalue weighted by Gasteiger charge is 2.16. The number of aryl methyl sites for hydroxylation is 1. The van der Waals surface area contributed by atoms with E-state index in [4.69, 9.17) is 5.73 Å². The van der Waals surface area contributed by atoms with Gasteiger partial charge >= 0.3 is 0 Å². The van der Waals surface area contributed by atoms with Gasteiger partial charge in [0, 0.05) is 18.1 Å². The SMILES string of the molecule is NCCc1cnc(-n2cnc3c2CCCC3)nc1. The van der Waals surface area contributed by atoms with Crippen LogP contribution in [0.15, 0.2) is 18.7 Å². The van der Waals surface area contributed by atoms with Crippen molar-refractivity contribution < 1.29 is 0 Å². The summed E-state index contributed by atoms with van der Waals surface area (Å²) in [5.41, 5.74) is 9.07. The molecule has 5 nitrogen and oxygen atoms in total. The summed E-state index contributed by atoms with van der Waals surface area (Å²) < 4.78 is 2.01. The second-order valence-electron chi connectivity index (χ2n) is 4.65. The van der Waals surface area contributed by atoms with Crippen molar-refractivity contribution >= 4 is 0 Å². The molecule has 0 spiro atoms. The van der Waals surface area contributed by atoms with Gasteiger partial charge in [-0.1, -0.05) is 0 Å². The van der Waals surface area contributed by atoms with Gasteiger partial charge < -0.3 is 5.73 Å². The molecule has 0 fully saturated rings. The first-order valence-electron chi connectivity index (χ1n) is 6.45. The summed E-state index contributed by atoms with van der Waals surface area (Å²) in [5, 5.41) is 0. The third kappa shape index (κ3) is 2.01. The van der Waals surface area contributed by atoms with Gasteiger partial charge in [-0.05, 0) is 44.2 Å². The minimum atomic E-state index is 0.628. The number of nitrogens with two attached hydrogens (primary N) is 1. The summed E-state index contributed by atoms with van der Waals surface area (Å²) in [5.74, 6) is 0.714. The molecule has 18 heavy (non-hydrogen) atoms. The Labute approximate surface area is 106 Å². The fraction of sp³-hybridized carbons (Fsp3) is 0.462. The third-order valence-electron chi connectivity index (χ3n) is 3.37. The van der Waals surface area contributed by atoms with Gasteiger partial charge in [0.2, 0.25) is 5.95 Å². The predicted molar refractivity (Wildman–Crippen MR) is 68.6 cm³/mol. The van der Waals surface area contributed by atoms with Gasteiger partial charge in [-0.2, -0.15) is 0 Å². The van der Waals surface area contributed by atoms with Crippen LogP contribution in [0.3, 0.4) is 0 Å². The first-order valence-corrected chi connectivity index (χ1v) is 6.45. The Morgan fingerprint density at radius 1 is 1.11 bits per heavy atom. The molecule has 1 aliphatic rings. The molecule has 0 radical (unpaired) electrons. The van der Waals surface area contributed by atoms with Gasteiger partial charge in [-0.15, -0.1) is 0 Å². The van der Waals surface area contributed by atoms with E-state index in [1.165, 1.54) is 24.2 Å². The van der Waals surface area contributed by atoms with Crippen molar-refractivity contribution in [2.24, 2.45) is 5.73 Å². The zero-order valence-electron chi connectivity index (χ0n) is 10.3. The van der Waals surface area contributed by atoms with Crippen LogP contribution in [0.25, 0.3) is 5.95 Å². The molecular weight excluding hydrogens is 226 g/mol. The van der Waals surface area contributed by atoms with E-state index in [-0.39, 0.29) is 0 Å². The third-order valence-corrected chi connectivity index (χ3v) is 3.37. The molecule has 2 aromatic heterocycles. The molecule has 0 atom stereocenters. The van der Waals surface area contributed by atoms with Crippen LogP contribution in [0.1, 0.15) is 29.8 Å². The van der Waals surface area contributed by atoms with Gasteiger partial charge in [0.25, 0.3) is 0 Å². The molecule has 2 heterocycles. The molecule has 0 saturated carbocycles. The lowest BCUT2D eigenvalue weighted by molar-refractivity contribution is 0.651. The number of imidazole rings is 1. The van der Waals surface area contributed by atoms with Crippen molar-refractivity contribution in [2.45, 2.75) is 32.1 Å². The van der Waals surface area contributed by atoms with Gasteiger partial charge in [0.15, 0.2) is 0 Å². The summed E-state index contributed by atoms with van der Waals surface area (Å²) in [6.07, 6.45) is 11.0. The van der Waals surface area contributed by atoms with E-state index in [0.717, 1.165) is 24.8 Å². The van der Waals surface area contributed by atoms with Crippen LogP contribution in [0.5, 0.6) is 0 Å². The van der Waals surface area contributed by atoms with Crippen molar-refractivity contribution in [3.05, 3.63) is 35.7 Å². The Balaban J connectivity index is 1.92. The summed E-state index contributed by atoms with van der Waals surface area (Å²) in [6.45, 7) is 0.628. The molecule has 0 saturated heterocycles. The minimum Gasteiger partial charge on any atom is -0.330 e. The van der Waals surface area contributed by atoms with E-state index >= 15 is 0 Å². The molecule has 2 aromatic rings. The molecule has 1 aliphatic carbocycles. The molecule has 5 heteroatoms. The van der Waals surface area contributed by atoms with E-state index in [0.29, 0.717) is 12.5 Å². The zero-order valence-corrected chi connectivity index (χ0v) is 10.3. The Kier molecular flexibility index (Phi) is 3.06. The van der Waals surface area contributed by atoms with Gasteiger partial charge in [0.1, 0.15) is 6.33 Å². The van der Waals surface area contributed by atoms with Crippen LogP contribution in [0.2, 0.25) is 0 Å². The topological polar surface area (TPSA) is 69.6 Å². The monoisotopic (exact) mass is 243 g/mol. The largest absolute Gasteiger partial charge is 0.330 e. The highest BCUT2D eigenvalue weighted by Crippen LogP contribution is 2.21. The second-order valence-corrected chi connectivity index (χ2v) is 4.65. The average Bonchev–Trinajstić information content (AvgIpc) is 2.84. The van der Waals surface area contributed by atoms with Crippen LogP contribution in [-0.2, 0) is 19.3 Å². The Hall–Kier alpha value is -1.75. The molecule has 0 aromatic carbocycles. The Morgan fingerprint density at radius 2 is 1.89 bits per heavy atom. The number of hydrogen-bond donors (Lipinski definition) is 1. The predicted octanol–water partition coefficient (Wildman–Crippen LogP) is 1.04. The normalized spacial score (nSPS) is 14.5. The molecule has 2 N–H and O–H groups in total. The summed E-state index contributed by atoms with van der Waals surface area (Å²) >= 11 is 0. The van der Waals surface area contributed by atoms with Gasteiger partial charge in [-0.25, -0.2) is 15.0 Å². The van der Waals surface area contributed by atoms with Crippen LogP contribution < -0.4 is 5.73 Å². The lowest BCUT2D eigenvalue weighted by atomic mass is 10.0. The van der Waals surface area contributed by atoms with E-state index < -0.39 is 0 Å². The smallest absolute Gasteiger partial charge is 0.235 e. The molecular formula is C13H17N5. The number of nitrogens with zero attached hydrogens (tertiary/aromatic N) is 4. The molecule has 3 rings (SSSR count). The van der Waals surface area contributed by atoms with Crippen LogP contribution in [0.4, 0.5) is 0 Å². The molecule has 0 amide bonds. The summed E-state index contributed by atoms with van der Waals surface area (Å²) in [6, 6.07) is 0. The quantitative estimate of drug-likeness (QED) is 0.874. The highest BCUT2D eigenvalue weighted by molar-refractivity contribution is 5.25. The first-order chi connectivity index (χ1) is 8.88. The fourth-order valence-corrected chi connectivity index (χ4v) is 2.41. The van der Waals surface area contributed by atoms with Crippen molar-refractivity contribution in [3.63, 3.8) is 0 Å². The van der Waals surface area contributed by atoms with Crippen molar-refractivity contribution in [3.8, 4) is 5.95 Å². The lowest BCUT2D eigenvalue weighted by Gasteiger charge is -2.12. The molecule has 0 unspecified atom stereocenters. The van der Waals surface area contributed by atoms with Crippen molar-refractivity contribution in [2.75, 3.05) is 6.54 Å². The maximum absolute atomic E-state index is 5.51. The lowest BCUT2D eigenvalue weighted by Crippen LogP contribution is -2.10. The zero-order chi connectivity index (χ0) is 12.4. The van der Waals surface area contributed by atoms with Gasteiger partial charge in [0.05, 0.1) is 5.69 Å². The fourth-order valence-electron chi connectivity index (χ4n) is 2.41. The van der Waals surface area contributed by atoms with Crippen molar-refractivity contribution in [1.82, 2.24) is 19.5 Å². The Bertz CT molecular complexity index is 529.